The SMILES string of the molecule is O=C1Nc2ccccc2S/C1=C\c1ccc(F)cc1. The third kappa shape index (κ3) is 2.53. The zero-order valence-electron chi connectivity index (χ0n) is 9.89. The van der Waals surface area contributed by atoms with Crippen molar-refractivity contribution in [2.45, 2.75) is 4.90 Å². The van der Waals surface area contributed by atoms with Crippen molar-refractivity contribution in [2.24, 2.45) is 0 Å². The minimum absolute atomic E-state index is 0.131. The van der Waals surface area contributed by atoms with Crippen LogP contribution in [0.4, 0.5) is 10.1 Å². The summed E-state index contributed by atoms with van der Waals surface area (Å²) in [5, 5.41) is 2.84. The fraction of sp³-hybridized carbons (Fsp3) is 0. The van der Waals surface area contributed by atoms with Gasteiger partial charge in [0.25, 0.3) is 5.91 Å². The first-order chi connectivity index (χ1) is 9.22. The molecule has 0 aromatic heterocycles. The molecule has 2 nitrogen and oxygen atoms in total. The van der Waals surface area contributed by atoms with Gasteiger partial charge in [-0.1, -0.05) is 36.0 Å². The molecule has 0 bridgehead atoms. The molecule has 1 aliphatic rings. The van der Waals surface area contributed by atoms with E-state index in [2.05, 4.69) is 5.32 Å². The summed E-state index contributed by atoms with van der Waals surface area (Å²) in [6.45, 7) is 0. The molecule has 0 unspecified atom stereocenters. The highest BCUT2D eigenvalue weighted by atomic mass is 32.2. The first-order valence-electron chi connectivity index (χ1n) is 5.78. The van der Waals surface area contributed by atoms with Crippen molar-refractivity contribution in [1.82, 2.24) is 0 Å². The van der Waals surface area contributed by atoms with Gasteiger partial charge in [-0.3, -0.25) is 4.79 Å². The summed E-state index contributed by atoms with van der Waals surface area (Å²) >= 11 is 1.42. The molecule has 94 valence electrons. The third-order valence-corrected chi connectivity index (χ3v) is 3.85. The molecule has 1 amide bonds. The molecule has 2 aromatic rings. The Morgan fingerprint density at radius 3 is 2.58 bits per heavy atom. The van der Waals surface area contributed by atoms with Crippen molar-refractivity contribution in [3.63, 3.8) is 0 Å². The Kier molecular flexibility index (Phi) is 3.09. The van der Waals surface area contributed by atoms with Crippen LogP contribution in [-0.2, 0) is 4.79 Å². The Hall–Kier alpha value is -2.07. The molecule has 2 aromatic carbocycles. The van der Waals surface area contributed by atoms with Crippen LogP contribution in [0.25, 0.3) is 6.08 Å². The molecule has 0 saturated heterocycles. The molecule has 0 spiro atoms. The van der Waals surface area contributed by atoms with Crippen molar-refractivity contribution in [1.29, 1.82) is 0 Å². The lowest BCUT2D eigenvalue weighted by atomic mass is 10.2. The van der Waals surface area contributed by atoms with Gasteiger partial charge < -0.3 is 5.32 Å². The van der Waals surface area contributed by atoms with Gasteiger partial charge in [-0.15, -0.1) is 0 Å². The second-order valence-electron chi connectivity index (χ2n) is 4.11. The van der Waals surface area contributed by atoms with Crippen LogP contribution < -0.4 is 5.32 Å². The largest absolute Gasteiger partial charge is 0.320 e. The van der Waals surface area contributed by atoms with Crippen molar-refractivity contribution >= 4 is 29.4 Å². The number of nitrogens with one attached hydrogen (secondary N) is 1. The second kappa shape index (κ2) is 4.90. The Balaban J connectivity index is 1.94. The molecule has 4 heteroatoms. The lowest BCUT2D eigenvalue weighted by Gasteiger charge is -2.18. The number of hydrogen-bond donors (Lipinski definition) is 1. The molecule has 0 saturated carbocycles. The summed E-state index contributed by atoms with van der Waals surface area (Å²) < 4.78 is 12.8. The lowest BCUT2D eigenvalue weighted by Crippen LogP contribution is -2.17. The van der Waals surface area contributed by atoms with E-state index in [4.69, 9.17) is 0 Å². The number of rotatable bonds is 1. The average Bonchev–Trinajstić information content (AvgIpc) is 2.42. The monoisotopic (exact) mass is 271 g/mol. The molecule has 1 N–H and O–H groups in total. The summed E-state index contributed by atoms with van der Waals surface area (Å²) in [5.74, 6) is -0.415. The Labute approximate surface area is 114 Å². The van der Waals surface area contributed by atoms with Crippen LogP contribution in [0, 0.1) is 5.82 Å². The normalized spacial score (nSPS) is 16.1. The zero-order valence-corrected chi connectivity index (χ0v) is 10.7. The summed E-state index contributed by atoms with van der Waals surface area (Å²) in [6, 6.07) is 13.7. The predicted octanol–water partition coefficient (Wildman–Crippen LogP) is 3.91. The van der Waals surface area contributed by atoms with E-state index in [0.717, 1.165) is 16.1 Å². The van der Waals surface area contributed by atoms with Crippen LogP contribution in [0.2, 0.25) is 0 Å². The maximum atomic E-state index is 12.8. The van der Waals surface area contributed by atoms with E-state index in [1.54, 1.807) is 18.2 Å². The molecular formula is C15H10FNOS. The molecule has 1 aliphatic heterocycles. The van der Waals surface area contributed by atoms with E-state index in [9.17, 15) is 9.18 Å². The molecule has 0 fully saturated rings. The number of fused-ring (bicyclic) bond motifs is 1. The number of para-hydroxylation sites is 1. The second-order valence-corrected chi connectivity index (χ2v) is 5.20. The van der Waals surface area contributed by atoms with Gasteiger partial charge in [0.2, 0.25) is 0 Å². The van der Waals surface area contributed by atoms with Crippen LogP contribution in [0.3, 0.4) is 0 Å². The highest BCUT2D eigenvalue weighted by Crippen LogP contribution is 2.38. The van der Waals surface area contributed by atoms with Crippen molar-refractivity contribution < 1.29 is 9.18 Å². The smallest absolute Gasteiger partial charge is 0.262 e. The number of carbonyl (C=O) groups is 1. The van der Waals surface area contributed by atoms with Gasteiger partial charge in [-0.2, -0.15) is 0 Å². The average molecular weight is 271 g/mol. The molecule has 1 heterocycles. The first kappa shape index (κ1) is 12.0. The molecule has 0 radical (unpaired) electrons. The quantitative estimate of drug-likeness (QED) is 0.797. The van der Waals surface area contributed by atoms with Crippen LogP contribution >= 0.6 is 11.8 Å². The summed E-state index contributed by atoms with van der Waals surface area (Å²) in [5.41, 5.74) is 1.63. The minimum Gasteiger partial charge on any atom is -0.320 e. The number of amides is 1. The van der Waals surface area contributed by atoms with Crippen molar-refractivity contribution in [3.05, 3.63) is 64.8 Å². The standard InChI is InChI=1S/C15H10FNOS/c16-11-7-5-10(6-8-11)9-14-15(18)17-12-3-1-2-4-13(12)19-14/h1-9H,(H,17,18)/b14-9-. The summed E-state index contributed by atoms with van der Waals surface area (Å²) in [6.07, 6.45) is 1.76. The summed E-state index contributed by atoms with van der Waals surface area (Å²) in [4.78, 5) is 13.6. The van der Waals surface area contributed by atoms with Gasteiger partial charge in [-0.05, 0) is 35.9 Å². The van der Waals surface area contributed by atoms with Gasteiger partial charge >= 0.3 is 0 Å². The first-order valence-corrected chi connectivity index (χ1v) is 6.59. The van der Waals surface area contributed by atoms with Crippen LogP contribution in [0.1, 0.15) is 5.56 Å². The topological polar surface area (TPSA) is 29.1 Å². The van der Waals surface area contributed by atoms with E-state index in [1.165, 1.54) is 23.9 Å². The van der Waals surface area contributed by atoms with Crippen LogP contribution in [-0.4, -0.2) is 5.91 Å². The Morgan fingerprint density at radius 1 is 1.05 bits per heavy atom. The molecular weight excluding hydrogens is 261 g/mol. The van der Waals surface area contributed by atoms with Crippen molar-refractivity contribution in [2.75, 3.05) is 5.32 Å². The number of hydrogen-bond acceptors (Lipinski definition) is 2. The van der Waals surface area contributed by atoms with Gasteiger partial charge in [0, 0.05) is 4.90 Å². The van der Waals surface area contributed by atoms with E-state index in [-0.39, 0.29) is 11.7 Å². The highest BCUT2D eigenvalue weighted by molar-refractivity contribution is 8.04. The number of carbonyl (C=O) groups excluding carboxylic acids is 1. The Bertz CT molecular complexity index is 664. The number of thioether (sulfide) groups is 1. The molecule has 19 heavy (non-hydrogen) atoms. The molecule has 0 atom stereocenters. The third-order valence-electron chi connectivity index (χ3n) is 2.75. The lowest BCUT2D eigenvalue weighted by molar-refractivity contribution is -0.112. The highest BCUT2D eigenvalue weighted by Gasteiger charge is 2.20. The number of anilines is 1. The van der Waals surface area contributed by atoms with Crippen molar-refractivity contribution in [3.8, 4) is 0 Å². The molecule has 3 rings (SSSR count). The molecule has 0 aliphatic carbocycles. The van der Waals surface area contributed by atoms with E-state index < -0.39 is 0 Å². The fourth-order valence-corrected chi connectivity index (χ4v) is 2.76. The predicted molar refractivity (Wildman–Crippen MR) is 75.3 cm³/mol. The van der Waals surface area contributed by atoms with E-state index in [1.807, 2.05) is 24.3 Å². The van der Waals surface area contributed by atoms with E-state index in [0.29, 0.717) is 4.91 Å². The Morgan fingerprint density at radius 2 is 1.79 bits per heavy atom. The van der Waals surface area contributed by atoms with Crippen LogP contribution in [0.5, 0.6) is 0 Å². The van der Waals surface area contributed by atoms with Gasteiger partial charge in [0.15, 0.2) is 0 Å². The van der Waals surface area contributed by atoms with Gasteiger partial charge in [-0.25, -0.2) is 4.39 Å². The van der Waals surface area contributed by atoms with Crippen LogP contribution in [0.15, 0.2) is 58.3 Å². The van der Waals surface area contributed by atoms with E-state index >= 15 is 0 Å². The maximum Gasteiger partial charge on any atom is 0.262 e. The zero-order chi connectivity index (χ0) is 13.2. The summed E-state index contributed by atoms with van der Waals surface area (Å²) in [7, 11) is 0. The minimum atomic E-state index is -0.284. The maximum absolute atomic E-state index is 12.8. The fourth-order valence-electron chi connectivity index (χ4n) is 1.81. The number of halogens is 1. The van der Waals surface area contributed by atoms with Gasteiger partial charge in [0.1, 0.15) is 5.82 Å². The number of benzene rings is 2. The van der Waals surface area contributed by atoms with Gasteiger partial charge in [0.05, 0.1) is 10.6 Å².